The Morgan fingerprint density at radius 3 is 2.34 bits per heavy atom. The molecule has 1 N–H and O–H groups in total. The lowest BCUT2D eigenvalue weighted by molar-refractivity contribution is 0.0268. The third-order valence-corrected chi connectivity index (χ3v) is 6.30. The van der Waals surface area contributed by atoms with Crippen molar-refractivity contribution in [3.63, 3.8) is 0 Å². The van der Waals surface area contributed by atoms with E-state index in [2.05, 4.69) is 24.8 Å². The number of carboxylic acids is 1. The summed E-state index contributed by atoms with van der Waals surface area (Å²) in [6.45, 7) is 7.77. The molecule has 168 valence electrons. The molecule has 0 saturated carbocycles. The van der Waals surface area contributed by atoms with Gasteiger partial charge in [-0.3, -0.25) is 9.69 Å². The van der Waals surface area contributed by atoms with Crippen LogP contribution < -0.4 is 0 Å². The van der Waals surface area contributed by atoms with Crippen molar-refractivity contribution in [1.82, 2.24) is 9.80 Å². The minimum absolute atomic E-state index is 0.0706. The quantitative estimate of drug-likeness (QED) is 0.772. The highest BCUT2D eigenvalue weighted by atomic mass is 16.5. The first-order chi connectivity index (χ1) is 15.4. The molecule has 2 aliphatic rings. The third kappa shape index (κ3) is 4.76. The van der Waals surface area contributed by atoms with Gasteiger partial charge in [-0.1, -0.05) is 36.4 Å². The first-order valence-electron chi connectivity index (χ1n) is 11.2. The van der Waals surface area contributed by atoms with Crippen molar-refractivity contribution in [3.05, 3.63) is 76.9 Å². The predicted octanol–water partition coefficient (Wildman–Crippen LogP) is 3.92. The molecule has 1 fully saturated rings. The summed E-state index contributed by atoms with van der Waals surface area (Å²) in [6, 6.07) is 15.1. The van der Waals surface area contributed by atoms with Gasteiger partial charge < -0.3 is 14.7 Å². The van der Waals surface area contributed by atoms with Crippen molar-refractivity contribution in [2.75, 3.05) is 26.3 Å². The van der Waals surface area contributed by atoms with Gasteiger partial charge in [0, 0.05) is 37.3 Å². The van der Waals surface area contributed by atoms with Crippen LogP contribution in [0, 0.1) is 0 Å². The molecule has 2 aromatic carbocycles. The molecule has 2 aliphatic heterocycles. The van der Waals surface area contributed by atoms with Crippen LogP contribution in [0.25, 0.3) is 5.57 Å². The van der Waals surface area contributed by atoms with Crippen LogP contribution in [0.2, 0.25) is 0 Å². The smallest absolute Gasteiger partial charge is 0.335 e. The first-order valence-corrected chi connectivity index (χ1v) is 11.2. The summed E-state index contributed by atoms with van der Waals surface area (Å²) in [5.41, 5.74) is 4.33. The summed E-state index contributed by atoms with van der Waals surface area (Å²) in [5, 5.41) is 9.09. The van der Waals surface area contributed by atoms with E-state index in [1.807, 2.05) is 41.3 Å². The number of piperazine rings is 1. The van der Waals surface area contributed by atoms with Crippen LogP contribution in [0.4, 0.5) is 0 Å². The maximum absolute atomic E-state index is 13.6. The number of aromatic carboxylic acids is 1. The number of benzene rings is 2. The Morgan fingerprint density at radius 2 is 1.72 bits per heavy atom. The van der Waals surface area contributed by atoms with Crippen molar-refractivity contribution in [2.45, 2.75) is 38.9 Å². The van der Waals surface area contributed by atoms with Crippen LogP contribution in [0.3, 0.4) is 0 Å². The second-order valence-corrected chi connectivity index (χ2v) is 8.71. The summed E-state index contributed by atoms with van der Waals surface area (Å²) >= 11 is 0. The fraction of sp³-hybridized carbons (Fsp3) is 0.385. The van der Waals surface area contributed by atoms with Crippen LogP contribution in [0.1, 0.15) is 52.1 Å². The van der Waals surface area contributed by atoms with Gasteiger partial charge in [-0.25, -0.2) is 4.79 Å². The van der Waals surface area contributed by atoms with E-state index in [9.17, 15) is 9.59 Å². The average Bonchev–Trinajstić information content (AvgIpc) is 2.79. The summed E-state index contributed by atoms with van der Waals surface area (Å²) in [6.07, 6.45) is 2.90. The van der Waals surface area contributed by atoms with Crippen molar-refractivity contribution < 1.29 is 19.4 Å². The van der Waals surface area contributed by atoms with Gasteiger partial charge in [0.25, 0.3) is 5.91 Å². The number of rotatable bonds is 5. The van der Waals surface area contributed by atoms with E-state index in [4.69, 9.17) is 9.84 Å². The van der Waals surface area contributed by atoms with Gasteiger partial charge >= 0.3 is 5.97 Å². The van der Waals surface area contributed by atoms with Crippen LogP contribution in [-0.2, 0) is 11.3 Å². The largest absolute Gasteiger partial charge is 0.478 e. The van der Waals surface area contributed by atoms with E-state index >= 15 is 0 Å². The molecule has 1 amide bonds. The average molecular weight is 435 g/mol. The SMILES string of the molecule is C[C@@H]1CN(Cc2ccc(C(=O)O)cc2)C[C@H](C)N1C(=O)c1ccccc1C1=CCOCC1. The molecular weight excluding hydrogens is 404 g/mol. The standard InChI is InChI=1S/C26H30N2O4/c1-18-15-27(17-20-7-9-22(10-8-20)26(30)31)16-19(2)28(18)25(29)24-6-4-3-5-23(24)21-11-13-32-14-12-21/h3-11,18-19H,12-17H2,1-2H3,(H,30,31)/t18-,19+. The maximum atomic E-state index is 13.6. The number of amides is 1. The number of ether oxygens (including phenoxy) is 1. The Labute approximate surface area is 189 Å². The Bertz CT molecular complexity index is 1000. The number of carbonyl (C=O) groups excluding carboxylic acids is 1. The summed E-state index contributed by atoms with van der Waals surface area (Å²) < 4.78 is 5.44. The summed E-state index contributed by atoms with van der Waals surface area (Å²) in [4.78, 5) is 29.1. The van der Waals surface area contributed by atoms with Gasteiger partial charge in [-0.05, 0) is 55.2 Å². The van der Waals surface area contributed by atoms with Crippen molar-refractivity contribution in [2.24, 2.45) is 0 Å². The second kappa shape index (κ2) is 9.67. The highest BCUT2D eigenvalue weighted by Crippen LogP contribution is 2.28. The van der Waals surface area contributed by atoms with Crippen LogP contribution >= 0.6 is 0 Å². The number of hydrogen-bond donors (Lipinski definition) is 1. The van der Waals surface area contributed by atoms with Crippen LogP contribution in [-0.4, -0.2) is 65.2 Å². The molecule has 2 atom stereocenters. The maximum Gasteiger partial charge on any atom is 0.335 e. The lowest BCUT2D eigenvalue weighted by Crippen LogP contribution is -2.58. The lowest BCUT2D eigenvalue weighted by atomic mass is 9.94. The molecule has 4 rings (SSSR count). The first kappa shape index (κ1) is 22.2. The molecular formula is C26H30N2O4. The molecule has 6 heteroatoms. The topological polar surface area (TPSA) is 70.1 Å². The molecule has 0 unspecified atom stereocenters. The summed E-state index contributed by atoms with van der Waals surface area (Å²) in [7, 11) is 0. The van der Waals surface area contributed by atoms with Crippen LogP contribution in [0.15, 0.2) is 54.6 Å². The molecule has 2 heterocycles. The Balaban J connectivity index is 1.48. The fourth-order valence-electron chi connectivity index (χ4n) is 4.83. The number of hydrogen-bond acceptors (Lipinski definition) is 4. The van der Waals surface area contributed by atoms with Crippen molar-refractivity contribution in [1.29, 1.82) is 0 Å². The molecule has 0 aromatic heterocycles. The number of nitrogens with zero attached hydrogens (tertiary/aromatic N) is 2. The number of carbonyl (C=O) groups is 2. The zero-order chi connectivity index (χ0) is 22.7. The monoisotopic (exact) mass is 434 g/mol. The second-order valence-electron chi connectivity index (χ2n) is 8.71. The zero-order valence-electron chi connectivity index (χ0n) is 18.7. The molecule has 32 heavy (non-hydrogen) atoms. The van der Waals surface area contributed by atoms with Crippen LogP contribution in [0.5, 0.6) is 0 Å². The molecule has 1 saturated heterocycles. The normalized spacial score (nSPS) is 21.8. The molecule has 0 spiro atoms. The Hall–Kier alpha value is -2.96. The molecule has 2 aromatic rings. The van der Waals surface area contributed by atoms with E-state index in [0.717, 1.165) is 42.7 Å². The van der Waals surface area contributed by atoms with Gasteiger partial charge in [0.05, 0.1) is 18.8 Å². The number of carboxylic acid groups (broad SMARTS) is 1. The predicted molar refractivity (Wildman–Crippen MR) is 124 cm³/mol. The fourth-order valence-corrected chi connectivity index (χ4v) is 4.83. The zero-order valence-corrected chi connectivity index (χ0v) is 18.7. The Kier molecular flexibility index (Phi) is 6.72. The van der Waals surface area contributed by atoms with Gasteiger partial charge in [-0.2, -0.15) is 0 Å². The van der Waals surface area contributed by atoms with E-state index < -0.39 is 5.97 Å². The molecule has 0 radical (unpaired) electrons. The van der Waals surface area contributed by atoms with Crippen molar-refractivity contribution in [3.8, 4) is 0 Å². The lowest BCUT2D eigenvalue weighted by Gasteiger charge is -2.44. The highest BCUT2D eigenvalue weighted by Gasteiger charge is 2.34. The minimum Gasteiger partial charge on any atom is -0.478 e. The minimum atomic E-state index is -0.914. The Morgan fingerprint density at radius 1 is 1.03 bits per heavy atom. The van der Waals surface area contributed by atoms with Crippen molar-refractivity contribution >= 4 is 17.4 Å². The van der Waals surface area contributed by atoms with E-state index in [-0.39, 0.29) is 18.0 Å². The van der Waals surface area contributed by atoms with Gasteiger partial charge in [0.15, 0.2) is 0 Å². The third-order valence-electron chi connectivity index (χ3n) is 6.30. The molecule has 0 aliphatic carbocycles. The summed E-state index contributed by atoms with van der Waals surface area (Å²) in [5.74, 6) is -0.832. The molecule has 0 bridgehead atoms. The van der Waals surface area contributed by atoms with Gasteiger partial charge in [0.2, 0.25) is 0 Å². The highest BCUT2D eigenvalue weighted by molar-refractivity contribution is 5.99. The van der Waals surface area contributed by atoms with E-state index in [1.54, 1.807) is 12.1 Å². The molecule has 6 nitrogen and oxygen atoms in total. The van der Waals surface area contributed by atoms with Gasteiger partial charge in [0.1, 0.15) is 0 Å². The van der Waals surface area contributed by atoms with E-state index in [1.165, 1.54) is 5.57 Å². The van der Waals surface area contributed by atoms with Gasteiger partial charge in [-0.15, -0.1) is 0 Å². The van der Waals surface area contributed by atoms with E-state index in [0.29, 0.717) is 18.8 Å².